The summed E-state index contributed by atoms with van der Waals surface area (Å²) in [6, 6.07) is 1.92. The summed E-state index contributed by atoms with van der Waals surface area (Å²) >= 11 is 0. The molecule has 11 heavy (non-hydrogen) atoms. The summed E-state index contributed by atoms with van der Waals surface area (Å²) in [7, 11) is 0. The molecule has 0 unspecified atom stereocenters. The Morgan fingerprint density at radius 3 is 3.09 bits per heavy atom. The Morgan fingerprint density at radius 1 is 1.82 bits per heavy atom. The van der Waals surface area contributed by atoms with Crippen LogP contribution >= 0.6 is 0 Å². The highest BCUT2D eigenvalue weighted by Crippen LogP contribution is 2.17. The first-order chi connectivity index (χ1) is 5.19. The zero-order chi connectivity index (χ0) is 8.32. The van der Waals surface area contributed by atoms with E-state index in [0.717, 1.165) is 6.42 Å². The van der Waals surface area contributed by atoms with E-state index in [2.05, 4.69) is 5.32 Å². The van der Waals surface area contributed by atoms with Crippen LogP contribution in [0.3, 0.4) is 0 Å². The minimum absolute atomic E-state index is 0.110. The highest BCUT2D eigenvalue weighted by atomic mass is 16.2. The van der Waals surface area contributed by atoms with Gasteiger partial charge in [-0.3, -0.25) is 4.79 Å². The van der Waals surface area contributed by atoms with Crippen LogP contribution in [0.5, 0.6) is 0 Å². The third-order valence-corrected chi connectivity index (χ3v) is 1.93. The smallest absolute Gasteiger partial charge is 0.241 e. The van der Waals surface area contributed by atoms with Crippen molar-refractivity contribution in [1.29, 1.82) is 5.26 Å². The molecule has 1 atom stereocenters. The summed E-state index contributed by atoms with van der Waals surface area (Å²) in [5, 5.41) is 11.0. The van der Waals surface area contributed by atoms with Gasteiger partial charge in [-0.1, -0.05) is 0 Å². The molecule has 4 heteroatoms. The second kappa shape index (κ2) is 2.89. The number of piperidine rings is 1. The Morgan fingerprint density at radius 2 is 2.55 bits per heavy atom. The van der Waals surface area contributed by atoms with Crippen LogP contribution in [0.25, 0.3) is 0 Å². The lowest BCUT2D eigenvalue weighted by Gasteiger charge is -2.29. The largest absolute Gasteiger partial charge is 0.354 e. The van der Waals surface area contributed by atoms with Crippen molar-refractivity contribution in [3.05, 3.63) is 0 Å². The topological polar surface area (TPSA) is 78.9 Å². The van der Waals surface area contributed by atoms with E-state index in [0.29, 0.717) is 13.0 Å². The second-order valence-electron chi connectivity index (χ2n) is 2.85. The number of carbonyl (C=O) groups excluding carboxylic acids is 1. The molecule has 3 N–H and O–H groups in total. The molecule has 0 aliphatic carbocycles. The monoisotopic (exact) mass is 153 g/mol. The molecule has 0 radical (unpaired) electrons. The summed E-state index contributed by atoms with van der Waals surface area (Å²) < 4.78 is 0. The molecule has 1 rings (SSSR count). The lowest BCUT2D eigenvalue weighted by Crippen LogP contribution is -2.57. The van der Waals surface area contributed by atoms with Crippen LogP contribution in [0.4, 0.5) is 0 Å². The van der Waals surface area contributed by atoms with Crippen molar-refractivity contribution in [3.63, 3.8) is 0 Å². The van der Waals surface area contributed by atoms with Gasteiger partial charge in [-0.15, -0.1) is 0 Å². The molecular weight excluding hydrogens is 142 g/mol. The summed E-state index contributed by atoms with van der Waals surface area (Å²) in [4.78, 5) is 11.1. The Bertz CT molecular complexity index is 208. The normalized spacial score (nSPS) is 30.7. The molecule has 0 aromatic heterocycles. The molecule has 1 amide bonds. The lowest BCUT2D eigenvalue weighted by atomic mass is 9.88. The van der Waals surface area contributed by atoms with Gasteiger partial charge in [0.15, 0.2) is 0 Å². The zero-order valence-corrected chi connectivity index (χ0v) is 6.26. The maximum atomic E-state index is 11.1. The van der Waals surface area contributed by atoms with Crippen molar-refractivity contribution < 1.29 is 4.79 Å². The van der Waals surface area contributed by atoms with Gasteiger partial charge in [-0.05, 0) is 12.8 Å². The number of nitrogens with zero attached hydrogens (tertiary/aromatic N) is 1. The number of nitrogens with one attached hydrogen (secondary N) is 1. The van der Waals surface area contributed by atoms with Crippen molar-refractivity contribution in [2.24, 2.45) is 5.73 Å². The fourth-order valence-electron chi connectivity index (χ4n) is 1.21. The molecule has 4 nitrogen and oxygen atoms in total. The number of amides is 1. The number of rotatable bonds is 1. The molecule has 0 aromatic rings. The maximum Gasteiger partial charge on any atom is 0.241 e. The number of nitriles is 1. The molecule has 1 saturated heterocycles. The average Bonchev–Trinajstić information content (AvgIpc) is 1.96. The first-order valence-corrected chi connectivity index (χ1v) is 3.63. The highest BCUT2D eigenvalue weighted by molar-refractivity contribution is 5.87. The molecular formula is C7H11N3O. The van der Waals surface area contributed by atoms with Crippen LogP contribution in [0, 0.1) is 11.3 Å². The van der Waals surface area contributed by atoms with Crippen LogP contribution in [-0.4, -0.2) is 18.0 Å². The molecule has 0 spiro atoms. The van der Waals surface area contributed by atoms with E-state index in [1.54, 1.807) is 0 Å². The van der Waals surface area contributed by atoms with Gasteiger partial charge in [0.1, 0.15) is 5.54 Å². The fraction of sp³-hybridized carbons (Fsp3) is 0.714. The Hall–Kier alpha value is -1.08. The Kier molecular flexibility index (Phi) is 2.11. The van der Waals surface area contributed by atoms with Gasteiger partial charge in [-0.2, -0.15) is 5.26 Å². The van der Waals surface area contributed by atoms with Gasteiger partial charge in [0, 0.05) is 6.54 Å². The summed E-state index contributed by atoms with van der Waals surface area (Å²) in [5.74, 6) is -0.190. The lowest BCUT2D eigenvalue weighted by molar-refractivity contribution is -0.127. The van der Waals surface area contributed by atoms with Gasteiger partial charge in [-0.25, -0.2) is 0 Å². The Balaban J connectivity index is 2.66. The van der Waals surface area contributed by atoms with E-state index in [9.17, 15) is 4.79 Å². The molecule has 1 aliphatic heterocycles. The van der Waals surface area contributed by atoms with Crippen molar-refractivity contribution in [2.45, 2.75) is 24.8 Å². The molecule has 0 saturated carbocycles. The number of hydrogen-bond acceptors (Lipinski definition) is 3. The fourth-order valence-corrected chi connectivity index (χ4v) is 1.21. The zero-order valence-electron chi connectivity index (χ0n) is 6.26. The predicted molar refractivity (Wildman–Crippen MR) is 39.4 cm³/mol. The van der Waals surface area contributed by atoms with Crippen molar-refractivity contribution in [2.75, 3.05) is 6.54 Å². The molecule has 0 bridgehead atoms. The van der Waals surface area contributed by atoms with Gasteiger partial charge in [0.2, 0.25) is 5.91 Å². The van der Waals surface area contributed by atoms with Crippen LogP contribution in [-0.2, 0) is 4.79 Å². The third-order valence-electron chi connectivity index (χ3n) is 1.93. The van der Waals surface area contributed by atoms with Gasteiger partial charge >= 0.3 is 0 Å². The second-order valence-corrected chi connectivity index (χ2v) is 2.85. The predicted octanol–water partition coefficient (Wildman–Crippen LogP) is -0.492. The minimum Gasteiger partial charge on any atom is -0.354 e. The number of hydrogen-bond donors (Lipinski definition) is 2. The van der Waals surface area contributed by atoms with E-state index in [4.69, 9.17) is 11.0 Å². The minimum atomic E-state index is -0.924. The molecule has 1 fully saturated rings. The van der Waals surface area contributed by atoms with Crippen LogP contribution in [0.1, 0.15) is 19.3 Å². The standard InChI is InChI=1S/C7H11N3O/c8-4-3-7(9)2-1-5-10-6(7)11/h1-3,5,9H2,(H,10,11)/t7-/m0/s1. The summed E-state index contributed by atoms with van der Waals surface area (Å²) in [6.45, 7) is 0.684. The summed E-state index contributed by atoms with van der Waals surface area (Å²) in [6.07, 6.45) is 1.59. The molecule has 1 aliphatic rings. The summed E-state index contributed by atoms with van der Waals surface area (Å²) in [5.41, 5.74) is 4.75. The molecule has 0 aromatic carbocycles. The first kappa shape index (κ1) is 8.02. The van der Waals surface area contributed by atoms with E-state index >= 15 is 0 Å². The van der Waals surface area contributed by atoms with Crippen molar-refractivity contribution >= 4 is 5.91 Å². The van der Waals surface area contributed by atoms with Gasteiger partial charge in [0.25, 0.3) is 0 Å². The Labute approximate surface area is 65.4 Å². The quantitative estimate of drug-likeness (QED) is 0.533. The van der Waals surface area contributed by atoms with Crippen molar-refractivity contribution in [3.8, 4) is 6.07 Å². The van der Waals surface area contributed by atoms with E-state index in [1.165, 1.54) is 0 Å². The van der Waals surface area contributed by atoms with Crippen LogP contribution in [0.15, 0.2) is 0 Å². The van der Waals surface area contributed by atoms with Gasteiger partial charge in [0.05, 0.1) is 12.5 Å². The van der Waals surface area contributed by atoms with E-state index < -0.39 is 5.54 Å². The maximum absolute atomic E-state index is 11.1. The van der Waals surface area contributed by atoms with Crippen LogP contribution in [0.2, 0.25) is 0 Å². The van der Waals surface area contributed by atoms with Crippen LogP contribution < -0.4 is 11.1 Å². The first-order valence-electron chi connectivity index (χ1n) is 3.63. The average molecular weight is 153 g/mol. The number of nitrogens with two attached hydrogens (primary N) is 1. The van der Waals surface area contributed by atoms with Gasteiger partial charge < -0.3 is 11.1 Å². The van der Waals surface area contributed by atoms with E-state index in [-0.39, 0.29) is 12.3 Å². The number of carbonyl (C=O) groups is 1. The molecule has 60 valence electrons. The SMILES string of the molecule is N#CC[C@@]1(N)CCCNC1=O. The van der Waals surface area contributed by atoms with E-state index in [1.807, 2.05) is 6.07 Å². The van der Waals surface area contributed by atoms with Crippen molar-refractivity contribution in [1.82, 2.24) is 5.32 Å². The molecule has 1 heterocycles. The highest BCUT2D eigenvalue weighted by Gasteiger charge is 2.35. The third kappa shape index (κ3) is 1.49.